The van der Waals surface area contributed by atoms with Crippen LogP contribution in [0.4, 0.5) is 0 Å². The molecule has 0 fully saturated rings. The van der Waals surface area contributed by atoms with Crippen LogP contribution in [0.3, 0.4) is 0 Å². The van der Waals surface area contributed by atoms with Gasteiger partial charge in [0.1, 0.15) is 6.79 Å². The largest absolute Gasteiger partial charge is 0.435 e. The fraction of sp³-hybridized carbons (Fsp3) is 0.769. The third-order valence-electron chi connectivity index (χ3n) is 2.63. The predicted molar refractivity (Wildman–Crippen MR) is 69.2 cm³/mol. The number of hydrogen-bond acceptors (Lipinski definition) is 6. The zero-order chi connectivity index (χ0) is 14.7. The summed E-state index contributed by atoms with van der Waals surface area (Å²) in [5, 5.41) is 18.3. The minimum atomic E-state index is -0.561. The molecule has 0 amide bonds. The van der Waals surface area contributed by atoms with Crippen LogP contribution in [0.2, 0.25) is 0 Å². The van der Waals surface area contributed by atoms with Crippen molar-refractivity contribution in [3.8, 4) is 0 Å². The monoisotopic (exact) mass is 543 g/mol. The third kappa shape index (κ3) is 10.0. The summed E-state index contributed by atoms with van der Waals surface area (Å²) in [5.41, 5.74) is 0. The quantitative estimate of drug-likeness (QED) is 0.230. The van der Waals surface area contributed by atoms with Gasteiger partial charge in [0.2, 0.25) is 0 Å². The Hall–Kier alpha value is -1.95. The summed E-state index contributed by atoms with van der Waals surface area (Å²) in [7, 11) is 0. The van der Waals surface area contributed by atoms with E-state index < -0.39 is 12.1 Å². The zero-order valence-electron chi connectivity index (χ0n) is 12.3. The second-order valence-corrected chi connectivity index (χ2v) is 4.21. The first-order valence-corrected chi connectivity index (χ1v) is 6.34. The second kappa shape index (κ2) is 12.1. The van der Waals surface area contributed by atoms with Gasteiger partial charge in [-0.2, -0.15) is 0 Å². The van der Waals surface area contributed by atoms with E-state index in [-0.39, 0.29) is 25.8 Å². The van der Waals surface area contributed by atoms with Crippen molar-refractivity contribution in [2.45, 2.75) is 51.4 Å². The molecule has 0 aliphatic carbocycles. The Morgan fingerprint density at radius 1 is 1.35 bits per heavy atom. The number of aliphatic hydroxyl groups is 2. The molecule has 0 aliphatic rings. The van der Waals surface area contributed by atoms with E-state index in [2.05, 4.69) is 6.58 Å². The molecule has 0 aromatic heterocycles. The summed E-state index contributed by atoms with van der Waals surface area (Å²) < 4.78 is 15.1. The molecule has 0 rings (SSSR count). The molecule has 20 heavy (non-hydrogen) atoms. The van der Waals surface area contributed by atoms with Gasteiger partial charge in [0.25, 0.3) is 0 Å². The minimum Gasteiger partial charge on any atom is -0.435 e. The molecule has 0 aliphatic heterocycles. The smallest absolute Gasteiger partial charge is 0.332 e. The van der Waals surface area contributed by atoms with E-state index in [1.807, 2.05) is 6.92 Å². The van der Waals surface area contributed by atoms with Gasteiger partial charge < -0.3 is 24.4 Å². The van der Waals surface area contributed by atoms with Crippen LogP contribution in [0.25, 0.3) is 0 Å². The SMILES string of the molecule is C=CC(=O)OCOC(CC(O)CC)CC(C)OCO.[Rf]. The van der Waals surface area contributed by atoms with Crippen molar-refractivity contribution in [3.63, 3.8) is 0 Å². The molecule has 7 heteroatoms. The molecule has 3 unspecified atom stereocenters. The first-order chi connectivity index (χ1) is 9.03. The number of carbonyl (C=O) groups excluding carboxylic acids is 1. The Balaban J connectivity index is 0. The summed E-state index contributed by atoms with van der Waals surface area (Å²) in [6, 6.07) is 0. The summed E-state index contributed by atoms with van der Waals surface area (Å²) >= 11 is 0. The van der Waals surface area contributed by atoms with Crippen LogP contribution >= 0.6 is 0 Å². The normalized spacial score (nSPS) is 14.8. The standard InChI is InChI=1S/C13H24O6.Rf/c1-4-11(15)7-12(6-10(3)17-8-14)18-9-19-13(16)5-2;/h5,10-12,14-15H,2,4,6-9H2,1,3H3;. The van der Waals surface area contributed by atoms with E-state index in [0.29, 0.717) is 19.3 Å². The van der Waals surface area contributed by atoms with E-state index in [9.17, 15) is 9.90 Å². The Labute approximate surface area is 114 Å². The molecule has 0 aromatic carbocycles. The van der Waals surface area contributed by atoms with Crippen LogP contribution in [0.1, 0.15) is 33.1 Å². The van der Waals surface area contributed by atoms with Gasteiger partial charge in [-0.25, -0.2) is 4.79 Å². The minimum absolute atomic E-state index is 0. The van der Waals surface area contributed by atoms with E-state index in [1.54, 1.807) is 6.92 Å². The average molecular weight is 543 g/mol. The summed E-state index contributed by atoms with van der Waals surface area (Å²) in [6.45, 7) is 6.37. The molecule has 0 saturated carbocycles. The van der Waals surface area contributed by atoms with E-state index in [4.69, 9.17) is 19.3 Å². The number of hydrogen-bond donors (Lipinski definition) is 2. The molecule has 0 bridgehead atoms. The molecule has 2 N–H and O–H groups in total. The molecule has 0 saturated heterocycles. The molecule has 3 atom stereocenters. The van der Waals surface area contributed by atoms with Gasteiger partial charge in [0, 0.05) is 6.08 Å². The van der Waals surface area contributed by atoms with Crippen LogP contribution in [-0.4, -0.2) is 48.1 Å². The van der Waals surface area contributed by atoms with Crippen molar-refractivity contribution in [2.24, 2.45) is 0 Å². The maximum Gasteiger partial charge on any atom is 0.332 e. The second-order valence-electron chi connectivity index (χ2n) is 4.21. The van der Waals surface area contributed by atoms with Crippen molar-refractivity contribution >= 4 is 5.97 Å². The topological polar surface area (TPSA) is 85.2 Å². The van der Waals surface area contributed by atoms with Crippen molar-refractivity contribution in [1.82, 2.24) is 0 Å². The Morgan fingerprint density at radius 3 is 2.50 bits per heavy atom. The number of ether oxygens (including phenoxy) is 3. The van der Waals surface area contributed by atoms with Gasteiger partial charge in [-0.05, 0) is 26.2 Å². The predicted octanol–water partition coefficient (Wildman–Crippen LogP) is 0.964. The number of esters is 1. The maximum atomic E-state index is 10.9. The fourth-order valence-electron chi connectivity index (χ4n) is 1.52. The van der Waals surface area contributed by atoms with E-state index in [0.717, 1.165) is 6.08 Å². The molecule has 0 radical (unpaired) electrons. The van der Waals surface area contributed by atoms with Gasteiger partial charge in [0.05, 0.1) is 18.3 Å². The average Bonchev–Trinajstić information content (AvgIpc) is 2.38. The van der Waals surface area contributed by atoms with Crippen LogP contribution in [-0.2, 0) is 19.0 Å². The van der Waals surface area contributed by atoms with Crippen molar-refractivity contribution < 1.29 is 29.2 Å². The molecule has 0 spiro atoms. The molecule has 0 aromatic rings. The van der Waals surface area contributed by atoms with Crippen LogP contribution in [0.15, 0.2) is 12.7 Å². The van der Waals surface area contributed by atoms with Gasteiger partial charge >= 0.3 is 5.97 Å². The van der Waals surface area contributed by atoms with Crippen LogP contribution in [0.5, 0.6) is 0 Å². The van der Waals surface area contributed by atoms with Crippen molar-refractivity contribution in [1.29, 1.82) is 0 Å². The molecule has 0 heterocycles. The van der Waals surface area contributed by atoms with Gasteiger partial charge in [-0.1, -0.05) is 13.5 Å². The van der Waals surface area contributed by atoms with Crippen molar-refractivity contribution in [2.75, 3.05) is 13.6 Å². The maximum absolute atomic E-state index is 10.9. The Kier molecular flexibility index (Phi) is 12.3. The van der Waals surface area contributed by atoms with Crippen LogP contribution < -0.4 is 0 Å². The van der Waals surface area contributed by atoms with Gasteiger partial charge in [0.15, 0.2) is 6.79 Å². The van der Waals surface area contributed by atoms with E-state index in [1.165, 1.54) is 0 Å². The fourth-order valence-corrected chi connectivity index (χ4v) is 1.52. The van der Waals surface area contributed by atoms with E-state index >= 15 is 0 Å². The first-order valence-electron chi connectivity index (χ1n) is 6.34. The molecule has 114 valence electrons. The van der Waals surface area contributed by atoms with Crippen molar-refractivity contribution in [3.05, 3.63) is 12.7 Å². The third-order valence-corrected chi connectivity index (χ3v) is 2.63. The molecular weight excluding hydrogens is 519 g/mol. The number of aliphatic hydroxyl groups excluding tert-OH is 2. The summed E-state index contributed by atoms with van der Waals surface area (Å²) in [5.74, 6) is -0.561. The molecular formula is C13H24O6Rf. The molecule has 6 nitrogen and oxygen atoms in total. The number of rotatable bonds is 11. The summed E-state index contributed by atoms with van der Waals surface area (Å²) in [6.07, 6.45) is 1.56. The summed E-state index contributed by atoms with van der Waals surface area (Å²) in [4.78, 5) is 10.9. The van der Waals surface area contributed by atoms with Gasteiger partial charge in [-0.15, -0.1) is 0 Å². The first kappa shape index (κ1) is 20.4. The van der Waals surface area contributed by atoms with Crippen LogP contribution in [0, 0.1) is 0 Å². The van der Waals surface area contributed by atoms with Gasteiger partial charge in [-0.3, -0.25) is 0 Å². The zero-order valence-corrected chi connectivity index (χ0v) is 18.7. The number of carbonyl (C=O) groups is 1. The Bertz CT molecular complexity index is 261. The Morgan fingerprint density at radius 2 is 2.00 bits per heavy atom.